The second-order valence-electron chi connectivity index (χ2n) is 4.20. The van der Waals surface area contributed by atoms with Crippen LogP contribution in [0.4, 0.5) is 0 Å². The molecule has 0 spiro atoms. The van der Waals surface area contributed by atoms with Gasteiger partial charge in [-0.1, -0.05) is 39.7 Å². The summed E-state index contributed by atoms with van der Waals surface area (Å²) in [5.74, 6) is 0.752. The lowest BCUT2D eigenvalue weighted by Gasteiger charge is -2.11. The number of aliphatic hydroxyl groups is 1. The Bertz CT molecular complexity index is 147. The van der Waals surface area contributed by atoms with E-state index in [1.54, 1.807) is 0 Å². The Morgan fingerprint density at radius 2 is 1.92 bits per heavy atom. The molecule has 0 aliphatic rings. The number of hydrogen-bond acceptors (Lipinski definition) is 1. The maximum absolute atomic E-state index is 9.69. The third-order valence-corrected chi connectivity index (χ3v) is 2.31. The lowest BCUT2D eigenvalue weighted by molar-refractivity contribution is 0.194. The summed E-state index contributed by atoms with van der Waals surface area (Å²) in [6.45, 7) is 8.57. The van der Waals surface area contributed by atoms with Gasteiger partial charge in [0.2, 0.25) is 0 Å². The third kappa shape index (κ3) is 6.83. The summed E-state index contributed by atoms with van der Waals surface area (Å²) in [6, 6.07) is 0. The van der Waals surface area contributed by atoms with Gasteiger partial charge in [0.25, 0.3) is 0 Å². The average Bonchev–Trinajstić information content (AvgIpc) is 2.04. The molecule has 78 valence electrons. The Morgan fingerprint density at radius 3 is 2.38 bits per heavy atom. The number of hydrogen-bond donors (Lipinski definition) is 1. The molecule has 1 N–H and O–H groups in total. The van der Waals surface area contributed by atoms with Gasteiger partial charge in [0, 0.05) is 0 Å². The average molecular weight is 184 g/mol. The smallest absolute Gasteiger partial charge is 0.0747 e. The molecule has 13 heavy (non-hydrogen) atoms. The highest BCUT2D eigenvalue weighted by molar-refractivity contribution is 5.03. The van der Waals surface area contributed by atoms with Crippen molar-refractivity contribution in [2.45, 2.75) is 59.5 Å². The van der Waals surface area contributed by atoms with E-state index in [9.17, 15) is 5.11 Å². The van der Waals surface area contributed by atoms with Crippen LogP contribution in [0, 0.1) is 5.92 Å². The van der Waals surface area contributed by atoms with Crippen LogP contribution in [-0.4, -0.2) is 11.2 Å². The first-order chi connectivity index (χ1) is 6.07. The van der Waals surface area contributed by atoms with Gasteiger partial charge in [0.05, 0.1) is 6.10 Å². The topological polar surface area (TPSA) is 20.2 Å². The maximum atomic E-state index is 9.69. The van der Waals surface area contributed by atoms with E-state index in [1.807, 2.05) is 6.92 Å². The van der Waals surface area contributed by atoms with Crippen LogP contribution in [0.1, 0.15) is 53.4 Å². The first-order valence-corrected chi connectivity index (χ1v) is 5.42. The normalized spacial score (nSPS) is 15.1. The van der Waals surface area contributed by atoms with Crippen LogP contribution in [-0.2, 0) is 0 Å². The predicted molar refractivity (Wildman–Crippen MR) is 58.7 cm³/mol. The van der Waals surface area contributed by atoms with Crippen LogP contribution in [0.2, 0.25) is 0 Å². The minimum atomic E-state index is -0.210. The van der Waals surface area contributed by atoms with Crippen molar-refractivity contribution in [1.82, 2.24) is 0 Å². The second-order valence-corrected chi connectivity index (χ2v) is 4.20. The molecule has 0 amide bonds. The van der Waals surface area contributed by atoms with Gasteiger partial charge >= 0.3 is 0 Å². The van der Waals surface area contributed by atoms with Crippen molar-refractivity contribution < 1.29 is 5.11 Å². The summed E-state index contributed by atoms with van der Waals surface area (Å²) in [5, 5.41) is 9.69. The van der Waals surface area contributed by atoms with E-state index in [0.717, 1.165) is 30.8 Å². The van der Waals surface area contributed by atoms with E-state index in [1.165, 1.54) is 6.42 Å². The molecule has 1 nitrogen and oxygen atoms in total. The highest BCUT2D eigenvalue weighted by Crippen LogP contribution is 2.13. The van der Waals surface area contributed by atoms with E-state index < -0.39 is 0 Å². The van der Waals surface area contributed by atoms with Gasteiger partial charge in [-0.25, -0.2) is 0 Å². The lowest BCUT2D eigenvalue weighted by atomic mass is 10.0. The standard InChI is InChI=1S/C12H24O/c1-5-7-11(4)12(13)9-6-8-10(2)3/h7,10,12-13H,5-6,8-9H2,1-4H3. The zero-order valence-corrected chi connectivity index (χ0v) is 9.51. The van der Waals surface area contributed by atoms with Gasteiger partial charge in [-0.2, -0.15) is 0 Å². The van der Waals surface area contributed by atoms with Crippen LogP contribution >= 0.6 is 0 Å². The van der Waals surface area contributed by atoms with Crippen LogP contribution in [0.3, 0.4) is 0 Å². The van der Waals surface area contributed by atoms with Crippen molar-refractivity contribution in [1.29, 1.82) is 0 Å². The fourth-order valence-electron chi connectivity index (χ4n) is 1.41. The van der Waals surface area contributed by atoms with Crippen molar-refractivity contribution >= 4 is 0 Å². The van der Waals surface area contributed by atoms with E-state index >= 15 is 0 Å². The summed E-state index contributed by atoms with van der Waals surface area (Å²) in [6.07, 6.45) is 6.19. The van der Waals surface area contributed by atoms with E-state index in [2.05, 4.69) is 26.8 Å². The molecule has 0 aliphatic heterocycles. The Kier molecular flexibility index (Phi) is 6.97. The molecule has 0 aromatic carbocycles. The van der Waals surface area contributed by atoms with Gasteiger partial charge in [-0.15, -0.1) is 0 Å². The third-order valence-electron chi connectivity index (χ3n) is 2.31. The van der Waals surface area contributed by atoms with Gasteiger partial charge in [0.15, 0.2) is 0 Å². The molecule has 0 saturated carbocycles. The summed E-state index contributed by atoms with van der Waals surface area (Å²) >= 11 is 0. The molecule has 1 atom stereocenters. The first-order valence-electron chi connectivity index (χ1n) is 5.42. The van der Waals surface area contributed by atoms with Crippen molar-refractivity contribution in [2.24, 2.45) is 5.92 Å². The Hall–Kier alpha value is -0.300. The highest BCUT2D eigenvalue weighted by Gasteiger charge is 2.05. The van der Waals surface area contributed by atoms with Gasteiger partial charge < -0.3 is 5.11 Å². The summed E-state index contributed by atoms with van der Waals surface area (Å²) in [7, 11) is 0. The fourth-order valence-corrected chi connectivity index (χ4v) is 1.41. The van der Waals surface area contributed by atoms with Gasteiger partial charge in [0.1, 0.15) is 0 Å². The molecule has 1 heteroatoms. The summed E-state index contributed by atoms with van der Waals surface area (Å²) in [4.78, 5) is 0. The zero-order chi connectivity index (χ0) is 10.3. The largest absolute Gasteiger partial charge is 0.389 e. The van der Waals surface area contributed by atoms with Crippen LogP contribution in [0.25, 0.3) is 0 Å². The molecular weight excluding hydrogens is 160 g/mol. The van der Waals surface area contributed by atoms with Crippen LogP contribution in [0.15, 0.2) is 11.6 Å². The monoisotopic (exact) mass is 184 g/mol. The molecule has 0 saturated heterocycles. The van der Waals surface area contributed by atoms with E-state index in [0.29, 0.717) is 0 Å². The highest BCUT2D eigenvalue weighted by atomic mass is 16.3. The number of allylic oxidation sites excluding steroid dienone is 1. The minimum Gasteiger partial charge on any atom is -0.389 e. The number of aliphatic hydroxyl groups excluding tert-OH is 1. The molecule has 0 aromatic heterocycles. The molecule has 0 radical (unpaired) electrons. The first kappa shape index (κ1) is 12.7. The van der Waals surface area contributed by atoms with E-state index in [-0.39, 0.29) is 6.10 Å². The molecule has 0 rings (SSSR count). The van der Waals surface area contributed by atoms with Crippen molar-refractivity contribution in [3.05, 3.63) is 11.6 Å². The molecule has 0 bridgehead atoms. The van der Waals surface area contributed by atoms with Crippen LogP contribution < -0.4 is 0 Å². The summed E-state index contributed by atoms with van der Waals surface area (Å²) < 4.78 is 0. The quantitative estimate of drug-likeness (QED) is 0.626. The Labute approximate surface area is 82.9 Å². The fraction of sp³-hybridized carbons (Fsp3) is 0.833. The molecule has 1 unspecified atom stereocenters. The van der Waals surface area contributed by atoms with Crippen molar-refractivity contribution in [3.8, 4) is 0 Å². The number of rotatable bonds is 6. The minimum absolute atomic E-state index is 0.210. The maximum Gasteiger partial charge on any atom is 0.0747 e. The van der Waals surface area contributed by atoms with Crippen LogP contribution in [0.5, 0.6) is 0 Å². The molecular formula is C12H24O. The Balaban J connectivity index is 3.61. The van der Waals surface area contributed by atoms with Gasteiger partial charge in [-0.3, -0.25) is 0 Å². The zero-order valence-electron chi connectivity index (χ0n) is 9.51. The molecule has 0 aliphatic carbocycles. The Morgan fingerprint density at radius 1 is 1.31 bits per heavy atom. The predicted octanol–water partition coefficient (Wildman–Crippen LogP) is 3.53. The van der Waals surface area contributed by atoms with Crippen molar-refractivity contribution in [3.63, 3.8) is 0 Å². The molecule has 0 heterocycles. The van der Waals surface area contributed by atoms with E-state index in [4.69, 9.17) is 0 Å². The molecule has 0 fully saturated rings. The summed E-state index contributed by atoms with van der Waals surface area (Å²) in [5.41, 5.74) is 1.13. The van der Waals surface area contributed by atoms with Crippen molar-refractivity contribution in [2.75, 3.05) is 0 Å². The lowest BCUT2D eigenvalue weighted by Crippen LogP contribution is -2.08. The second kappa shape index (κ2) is 7.14. The SMILES string of the molecule is CCC=C(C)C(O)CCCC(C)C. The van der Waals surface area contributed by atoms with Gasteiger partial charge in [-0.05, 0) is 31.3 Å². The molecule has 0 aromatic rings.